The van der Waals surface area contributed by atoms with Crippen LogP contribution >= 0.6 is 0 Å². The monoisotopic (exact) mass is 254 g/mol. The van der Waals surface area contributed by atoms with Gasteiger partial charge in [-0.1, -0.05) is 36.9 Å². The van der Waals surface area contributed by atoms with E-state index in [2.05, 4.69) is 6.58 Å². The van der Waals surface area contributed by atoms with Gasteiger partial charge in [0.15, 0.2) is 11.6 Å². The van der Waals surface area contributed by atoms with Gasteiger partial charge in [0.25, 0.3) is 0 Å². The van der Waals surface area contributed by atoms with E-state index < -0.39 is 11.8 Å². The Balaban J connectivity index is 2.06. The van der Waals surface area contributed by atoms with Crippen molar-refractivity contribution >= 4 is 11.6 Å². The summed E-state index contributed by atoms with van der Waals surface area (Å²) in [5.74, 6) is -2.12. The summed E-state index contributed by atoms with van der Waals surface area (Å²) in [6, 6.07) is 5.51. The first-order valence-electron chi connectivity index (χ1n) is 6.00. The summed E-state index contributed by atoms with van der Waals surface area (Å²) in [5, 5.41) is 0. The third-order valence-electron chi connectivity index (χ3n) is 3.59. The average Bonchev–Trinajstić information content (AvgIpc) is 2.65. The molecule has 2 atom stereocenters. The number of ketones is 2. The molecule has 2 aliphatic rings. The summed E-state index contributed by atoms with van der Waals surface area (Å²) in [6.07, 6.45) is 5.14. The molecule has 3 heteroatoms. The first-order chi connectivity index (χ1) is 9.09. The van der Waals surface area contributed by atoms with E-state index in [1.165, 1.54) is 24.3 Å². The van der Waals surface area contributed by atoms with E-state index in [4.69, 9.17) is 0 Å². The second-order valence-electron chi connectivity index (χ2n) is 4.74. The fourth-order valence-corrected chi connectivity index (χ4v) is 2.66. The second kappa shape index (κ2) is 4.12. The fraction of sp³-hybridized carbons (Fsp3) is 0.125. The highest BCUT2D eigenvalue weighted by molar-refractivity contribution is 6.25. The molecule has 0 heterocycles. The second-order valence-corrected chi connectivity index (χ2v) is 4.74. The van der Waals surface area contributed by atoms with Crippen LogP contribution in [-0.2, 0) is 9.59 Å². The van der Waals surface area contributed by atoms with Gasteiger partial charge < -0.3 is 0 Å². The lowest BCUT2D eigenvalue weighted by atomic mass is 9.89. The maximum absolute atomic E-state index is 12.9. The molecular weight excluding hydrogens is 243 g/mol. The number of hydrogen-bond acceptors (Lipinski definition) is 2. The Morgan fingerprint density at radius 3 is 2.37 bits per heavy atom. The van der Waals surface area contributed by atoms with Gasteiger partial charge in [0.1, 0.15) is 11.7 Å². The summed E-state index contributed by atoms with van der Waals surface area (Å²) in [7, 11) is 0. The summed E-state index contributed by atoms with van der Waals surface area (Å²) in [6.45, 7) is 3.82. The fourth-order valence-electron chi connectivity index (χ4n) is 2.66. The topological polar surface area (TPSA) is 34.1 Å². The maximum atomic E-state index is 12.9. The Morgan fingerprint density at radius 2 is 1.74 bits per heavy atom. The van der Waals surface area contributed by atoms with E-state index in [1.54, 1.807) is 18.2 Å². The first kappa shape index (κ1) is 11.8. The summed E-state index contributed by atoms with van der Waals surface area (Å²) in [4.78, 5) is 24.7. The lowest BCUT2D eigenvalue weighted by Gasteiger charge is -2.12. The molecule has 0 saturated heterocycles. The Morgan fingerprint density at radius 1 is 1.05 bits per heavy atom. The van der Waals surface area contributed by atoms with E-state index >= 15 is 0 Å². The molecule has 1 saturated carbocycles. The van der Waals surface area contributed by atoms with E-state index in [0.717, 1.165) is 0 Å². The molecule has 0 N–H and O–H groups in total. The zero-order valence-corrected chi connectivity index (χ0v) is 10.1. The van der Waals surface area contributed by atoms with Crippen LogP contribution in [0.3, 0.4) is 0 Å². The molecule has 1 aromatic carbocycles. The molecule has 1 fully saturated rings. The van der Waals surface area contributed by atoms with E-state index in [-0.39, 0.29) is 17.4 Å². The van der Waals surface area contributed by atoms with Gasteiger partial charge >= 0.3 is 0 Å². The minimum atomic E-state index is -0.825. The van der Waals surface area contributed by atoms with Crippen molar-refractivity contribution in [1.29, 1.82) is 0 Å². The summed E-state index contributed by atoms with van der Waals surface area (Å²) in [5.41, 5.74) is 1.67. The minimum Gasteiger partial charge on any atom is -0.297 e. The van der Waals surface area contributed by atoms with Gasteiger partial charge in [-0.05, 0) is 23.3 Å². The first-order valence-corrected chi connectivity index (χ1v) is 6.00. The van der Waals surface area contributed by atoms with Gasteiger partial charge in [-0.2, -0.15) is 0 Å². The van der Waals surface area contributed by atoms with Gasteiger partial charge in [0.05, 0.1) is 5.92 Å². The SMILES string of the molecule is C=C1C=CC=C2C(=O)C(c3ccc(F)cc3)C(=O)C12. The quantitative estimate of drug-likeness (QED) is 0.722. The maximum Gasteiger partial charge on any atom is 0.174 e. The highest BCUT2D eigenvalue weighted by atomic mass is 19.1. The molecular formula is C16H11FO2. The van der Waals surface area contributed by atoms with Gasteiger partial charge in [-0.15, -0.1) is 0 Å². The van der Waals surface area contributed by atoms with Crippen molar-refractivity contribution in [3.05, 3.63) is 71.6 Å². The van der Waals surface area contributed by atoms with Crippen molar-refractivity contribution < 1.29 is 14.0 Å². The Hall–Kier alpha value is -2.29. The molecule has 0 radical (unpaired) electrons. The largest absolute Gasteiger partial charge is 0.297 e. The lowest BCUT2D eigenvalue weighted by Crippen LogP contribution is -2.16. The Kier molecular flexibility index (Phi) is 2.56. The van der Waals surface area contributed by atoms with E-state index in [0.29, 0.717) is 16.7 Å². The molecule has 2 unspecified atom stereocenters. The van der Waals surface area contributed by atoms with Crippen LogP contribution in [0.1, 0.15) is 11.5 Å². The molecule has 0 bridgehead atoms. The number of hydrogen-bond donors (Lipinski definition) is 0. The molecule has 0 aliphatic heterocycles. The van der Waals surface area contributed by atoms with E-state index in [9.17, 15) is 14.0 Å². The minimum absolute atomic E-state index is 0.169. The van der Waals surface area contributed by atoms with Crippen LogP contribution in [-0.4, -0.2) is 11.6 Å². The molecule has 2 aliphatic carbocycles. The van der Waals surface area contributed by atoms with Crippen molar-refractivity contribution in [1.82, 2.24) is 0 Å². The Bertz CT molecular complexity index is 650. The van der Waals surface area contributed by atoms with Gasteiger partial charge in [-0.25, -0.2) is 4.39 Å². The van der Waals surface area contributed by atoms with Crippen molar-refractivity contribution in [2.24, 2.45) is 5.92 Å². The number of carbonyl (C=O) groups excluding carboxylic acids is 2. The highest BCUT2D eigenvalue weighted by Crippen LogP contribution is 2.41. The van der Waals surface area contributed by atoms with Crippen LogP contribution in [0, 0.1) is 11.7 Å². The average molecular weight is 254 g/mol. The number of benzene rings is 1. The van der Waals surface area contributed by atoms with Crippen LogP contribution in [0.5, 0.6) is 0 Å². The van der Waals surface area contributed by atoms with Crippen LogP contribution in [0.25, 0.3) is 0 Å². The molecule has 0 amide bonds. The molecule has 1 aromatic rings. The van der Waals surface area contributed by atoms with Crippen molar-refractivity contribution in [2.45, 2.75) is 5.92 Å². The lowest BCUT2D eigenvalue weighted by molar-refractivity contribution is -0.124. The highest BCUT2D eigenvalue weighted by Gasteiger charge is 2.47. The van der Waals surface area contributed by atoms with Crippen molar-refractivity contribution in [3.8, 4) is 0 Å². The number of halogens is 1. The van der Waals surface area contributed by atoms with Crippen molar-refractivity contribution in [2.75, 3.05) is 0 Å². The van der Waals surface area contributed by atoms with Crippen LogP contribution < -0.4 is 0 Å². The van der Waals surface area contributed by atoms with Gasteiger partial charge in [-0.3, -0.25) is 9.59 Å². The standard InChI is InChI=1S/C16H11FO2/c1-9-3-2-4-12-13(9)16(19)14(15(12)18)10-5-7-11(17)8-6-10/h2-8,13-14H,1H2. The molecule has 2 nitrogen and oxygen atoms in total. The molecule has 0 aromatic heterocycles. The zero-order chi connectivity index (χ0) is 13.6. The zero-order valence-electron chi connectivity index (χ0n) is 10.1. The number of allylic oxidation sites excluding steroid dienone is 5. The smallest absolute Gasteiger partial charge is 0.174 e. The van der Waals surface area contributed by atoms with Crippen LogP contribution in [0.4, 0.5) is 4.39 Å². The molecule has 19 heavy (non-hydrogen) atoms. The number of fused-ring (bicyclic) bond motifs is 1. The van der Waals surface area contributed by atoms with Gasteiger partial charge in [0.2, 0.25) is 0 Å². The normalized spacial score (nSPS) is 25.5. The number of rotatable bonds is 1. The summed E-state index contributed by atoms with van der Waals surface area (Å²) >= 11 is 0. The van der Waals surface area contributed by atoms with Crippen LogP contribution in [0.2, 0.25) is 0 Å². The van der Waals surface area contributed by atoms with Crippen LogP contribution in [0.15, 0.2) is 60.2 Å². The van der Waals surface area contributed by atoms with Crippen molar-refractivity contribution in [3.63, 3.8) is 0 Å². The number of Topliss-reactive ketones (excluding diaryl/α,β-unsaturated/α-hetero) is 2. The number of carbonyl (C=O) groups is 2. The van der Waals surface area contributed by atoms with E-state index in [1.807, 2.05) is 0 Å². The predicted octanol–water partition coefficient (Wildman–Crippen LogP) is 2.73. The molecule has 0 spiro atoms. The predicted molar refractivity (Wildman–Crippen MR) is 69.0 cm³/mol. The van der Waals surface area contributed by atoms with Gasteiger partial charge in [0, 0.05) is 5.57 Å². The molecule has 94 valence electrons. The third kappa shape index (κ3) is 1.70. The summed E-state index contributed by atoms with van der Waals surface area (Å²) < 4.78 is 12.9. The molecule has 3 rings (SSSR count). The Labute approximate surface area is 109 Å². The third-order valence-corrected chi connectivity index (χ3v) is 3.59.